The Morgan fingerprint density at radius 1 is 0.929 bits per heavy atom. The summed E-state index contributed by atoms with van der Waals surface area (Å²) in [6.07, 6.45) is 0. The van der Waals surface area contributed by atoms with Crippen LogP contribution in [0.4, 0.5) is 23.0 Å². The predicted molar refractivity (Wildman–Crippen MR) is 112 cm³/mol. The van der Waals surface area contributed by atoms with E-state index >= 15 is 0 Å². The number of aromatic nitrogens is 2. The van der Waals surface area contributed by atoms with Crippen molar-refractivity contribution in [3.05, 3.63) is 71.5 Å². The van der Waals surface area contributed by atoms with Gasteiger partial charge in [0.1, 0.15) is 17.5 Å². The van der Waals surface area contributed by atoms with Crippen LogP contribution in [-0.2, 0) is 4.74 Å². The van der Waals surface area contributed by atoms with Gasteiger partial charge in [0, 0.05) is 17.4 Å². The zero-order valence-electron chi connectivity index (χ0n) is 16.5. The van der Waals surface area contributed by atoms with Gasteiger partial charge in [-0.2, -0.15) is 0 Å². The molecular formula is C22H24N4O2. The molecule has 28 heavy (non-hydrogen) atoms. The van der Waals surface area contributed by atoms with E-state index in [1.54, 1.807) is 18.2 Å². The van der Waals surface area contributed by atoms with Crippen LogP contribution in [0, 0.1) is 6.92 Å². The first kappa shape index (κ1) is 19.4. The molecule has 0 fully saturated rings. The molecule has 0 saturated carbocycles. The molecule has 0 saturated heterocycles. The summed E-state index contributed by atoms with van der Waals surface area (Å²) in [7, 11) is 1.36. The number of hydrogen-bond acceptors (Lipinski definition) is 6. The number of benzene rings is 2. The lowest BCUT2D eigenvalue weighted by molar-refractivity contribution is 0.0601. The summed E-state index contributed by atoms with van der Waals surface area (Å²) in [5.41, 5.74) is 3.47. The van der Waals surface area contributed by atoms with Crippen LogP contribution in [0.3, 0.4) is 0 Å². The fourth-order valence-corrected chi connectivity index (χ4v) is 2.78. The third-order valence-corrected chi connectivity index (χ3v) is 4.24. The Hall–Kier alpha value is -3.41. The maximum atomic E-state index is 11.7. The lowest BCUT2D eigenvalue weighted by atomic mass is 10.0. The van der Waals surface area contributed by atoms with Crippen molar-refractivity contribution in [2.75, 3.05) is 17.7 Å². The highest BCUT2D eigenvalue weighted by Crippen LogP contribution is 2.23. The van der Waals surface area contributed by atoms with E-state index in [0.29, 0.717) is 28.9 Å². The maximum Gasteiger partial charge on any atom is 0.337 e. The minimum atomic E-state index is -0.380. The Morgan fingerprint density at radius 3 is 2.18 bits per heavy atom. The molecule has 3 rings (SSSR count). The topological polar surface area (TPSA) is 76.1 Å². The van der Waals surface area contributed by atoms with Gasteiger partial charge >= 0.3 is 5.97 Å². The van der Waals surface area contributed by atoms with Crippen molar-refractivity contribution in [2.24, 2.45) is 0 Å². The molecule has 0 aliphatic rings. The van der Waals surface area contributed by atoms with Crippen LogP contribution >= 0.6 is 0 Å². The number of carbonyl (C=O) groups excluding carboxylic acids is 1. The number of carbonyl (C=O) groups is 1. The third-order valence-electron chi connectivity index (χ3n) is 4.24. The van der Waals surface area contributed by atoms with Gasteiger partial charge < -0.3 is 15.4 Å². The Kier molecular flexibility index (Phi) is 5.89. The summed E-state index contributed by atoms with van der Waals surface area (Å²) in [6, 6.07) is 17.2. The minimum Gasteiger partial charge on any atom is -0.465 e. The summed E-state index contributed by atoms with van der Waals surface area (Å²) in [5, 5.41) is 6.53. The minimum absolute atomic E-state index is 0.380. The second kappa shape index (κ2) is 8.52. The van der Waals surface area contributed by atoms with Crippen molar-refractivity contribution in [3.63, 3.8) is 0 Å². The fraction of sp³-hybridized carbons (Fsp3) is 0.227. The van der Waals surface area contributed by atoms with E-state index in [2.05, 4.69) is 46.6 Å². The lowest BCUT2D eigenvalue weighted by Crippen LogP contribution is -2.04. The second-order valence-electron chi connectivity index (χ2n) is 6.78. The summed E-state index contributed by atoms with van der Waals surface area (Å²) in [5.74, 6) is 2.07. The van der Waals surface area contributed by atoms with Gasteiger partial charge in [-0.05, 0) is 48.7 Å². The molecule has 0 aliphatic carbocycles. The van der Waals surface area contributed by atoms with E-state index in [9.17, 15) is 4.79 Å². The quantitative estimate of drug-likeness (QED) is 0.577. The van der Waals surface area contributed by atoms with Gasteiger partial charge in [0.2, 0.25) is 0 Å². The predicted octanol–water partition coefficient (Wildman–Crippen LogP) is 5.18. The zero-order chi connectivity index (χ0) is 20.1. The number of anilines is 4. The van der Waals surface area contributed by atoms with E-state index < -0.39 is 0 Å². The Morgan fingerprint density at radius 2 is 1.57 bits per heavy atom. The maximum absolute atomic E-state index is 11.7. The number of rotatable bonds is 6. The van der Waals surface area contributed by atoms with Crippen molar-refractivity contribution in [1.29, 1.82) is 0 Å². The standard InChI is InChI=1S/C22H24N4O2/c1-14(2)16-8-10-18(11-9-16)25-20-13-21(24-15(3)23-20)26-19-7-5-6-17(12-19)22(27)28-4/h5-14H,1-4H3,(H2,23,24,25,26). The zero-order valence-corrected chi connectivity index (χ0v) is 16.5. The Bertz CT molecular complexity index is 969. The SMILES string of the molecule is COC(=O)c1cccc(Nc2cc(Nc3ccc(C(C)C)cc3)nc(C)n2)c1. The smallest absolute Gasteiger partial charge is 0.337 e. The molecule has 0 bridgehead atoms. The first-order valence-electron chi connectivity index (χ1n) is 9.12. The average molecular weight is 376 g/mol. The van der Waals surface area contributed by atoms with Crippen LogP contribution in [0.5, 0.6) is 0 Å². The van der Waals surface area contributed by atoms with Crippen molar-refractivity contribution in [2.45, 2.75) is 26.7 Å². The van der Waals surface area contributed by atoms with E-state index in [0.717, 1.165) is 11.4 Å². The molecule has 2 aromatic carbocycles. The highest BCUT2D eigenvalue weighted by molar-refractivity contribution is 5.90. The number of methoxy groups -OCH3 is 1. The van der Waals surface area contributed by atoms with Crippen LogP contribution in [0.1, 0.15) is 41.5 Å². The van der Waals surface area contributed by atoms with E-state index in [-0.39, 0.29) is 5.97 Å². The largest absolute Gasteiger partial charge is 0.465 e. The molecule has 144 valence electrons. The van der Waals surface area contributed by atoms with Crippen LogP contribution in [0.15, 0.2) is 54.6 Å². The van der Waals surface area contributed by atoms with Gasteiger partial charge in [0.25, 0.3) is 0 Å². The molecule has 3 aromatic rings. The highest BCUT2D eigenvalue weighted by atomic mass is 16.5. The molecule has 6 nitrogen and oxygen atoms in total. The lowest BCUT2D eigenvalue weighted by Gasteiger charge is -2.12. The highest BCUT2D eigenvalue weighted by Gasteiger charge is 2.08. The number of aryl methyl sites for hydroxylation is 1. The van der Waals surface area contributed by atoms with E-state index in [1.807, 2.05) is 31.2 Å². The number of nitrogens with zero attached hydrogens (tertiary/aromatic N) is 2. The first-order chi connectivity index (χ1) is 13.4. The Balaban J connectivity index is 1.79. The van der Waals surface area contributed by atoms with Crippen LogP contribution in [-0.4, -0.2) is 23.0 Å². The van der Waals surface area contributed by atoms with Gasteiger partial charge in [0.05, 0.1) is 12.7 Å². The summed E-state index contributed by atoms with van der Waals surface area (Å²) in [4.78, 5) is 20.6. The molecule has 0 aliphatic heterocycles. The van der Waals surface area contributed by atoms with Gasteiger partial charge in [-0.3, -0.25) is 0 Å². The monoisotopic (exact) mass is 376 g/mol. The molecular weight excluding hydrogens is 352 g/mol. The van der Waals surface area contributed by atoms with Crippen molar-refractivity contribution in [1.82, 2.24) is 9.97 Å². The van der Waals surface area contributed by atoms with E-state index in [4.69, 9.17) is 4.74 Å². The average Bonchev–Trinajstić information content (AvgIpc) is 2.67. The van der Waals surface area contributed by atoms with Crippen molar-refractivity contribution in [3.8, 4) is 0 Å². The molecule has 0 atom stereocenters. The van der Waals surface area contributed by atoms with Crippen molar-refractivity contribution < 1.29 is 9.53 Å². The third kappa shape index (κ3) is 4.85. The van der Waals surface area contributed by atoms with Crippen molar-refractivity contribution >= 4 is 29.0 Å². The fourth-order valence-electron chi connectivity index (χ4n) is 2.78. The summed E-state index contributed by atoms with van der Waals surface area (Å²) < 4.78 is 4.77. The molecule has 0 spiro atoms. The number of nitrogens with one attached hydrogen (secondary N) is 2. The van der Waals surface area contributed by atoms with Gasteiger partial charge in [-0.1, -0.05) is 32.0 Å². The molecule has 6 heteroatoms. The molecule has 1 heterocycles. The molecule has 2 N–H and O–H groups in total. The van der Waals surface area contributed by atoms with Gasteiger partial charge in [0.15, 0.2) is 0 Å². The molecule has 0 unspecified atom stereocenters. The summed E-state index contributed by atoms with van der Waals surface area (Å²) in [6.45, 7) is 6.18. The van der Waals surface area contributed by atoms with Crippen LogP contribution in [0.25, 0.3) is 0 Å². The number of esters is 1. The first-order valence-corrected chi connectivity index (χ1v) is 9.12. The second-order valence-corrected chi connectivity index (χ2v) is 6.78. The van der Waals surface area contributed by atoms with Gasteiger partial charge in [-0.25, -0.2) is 14.8 Å². The number of hydrogen-bond donors (Lipinski definition) is 2. The van der Waals surface area contributed by atoms with Crippen LogP contribution < -0.4 is 10.6 Å². The summed E-state index contributed by atoms with van der Waals surface area (Å²) >= 11 is 0. The molecule has 0 radical (unpaired) electrons. The van der Waals surface area contributed by atoms with E-state index in [1.165, 1.54) is 12.7 Å². The normalized spacial score (nSPS) is 10.6. The molecule has 1 aromatic heterocycles. The Labute approximate surface area is 165 Å². The molecule has 0 amide bonds. The van der Waals surface area contributed by atoms with Gasteiger partial charge in [-0.15, -0.1) is 0 Å². The van der Waals surface area contributed by atoms with Crippen LogP contribution in [0.2, 0.25) is 0 Å². The number of ether oxygens (including phenoxy) is 1.